The van der Waals surface area contributed by atoms with Crippen molar-refractivity contribution in [2.24, 2.45) is 5.92 Å². The van der Waals surface area contributed by atoms with E-state index in [1.165, 1.54) is 35.6 Å². The lowest BCUT2D eigenvalue weighted by atomic mass is 10.1. The second-order valence-electron chi connectivity index (χ2n) is 4.75. The zero-order valence-electron chi connectivity index (χ0n) is 11.8. The molecule has 0 aliphatic heterocycles. The number of rotatable bonds is 7. The first-order chi connectivity index (χ1) is 9.64. The number of benzene rings is 1. The van der Waals surface area contributed by atoms with E-state index < -0.39 is 11.8 Å². The quantitative estimate of drug-likeness (QED) is 0.717. The van der Waals surface area contributed by atoms with Crippen molar-refractivity contribution in [3.8, 4) is 5.75 Å². The molecule has 2 nitrogen and oxygen atoms in total. The fourth-order valence-electron chi connectivity index (χ4n) is 1.72. The molecule has 8 heteroatoms. The predicted molar refractivity (Wildman–Crippen MR) is 85.8 cm³/mol. The molecule has 2 unspecified atom stereocenters. The monoisotopic (exact) mass is 358 g/mol. The van der Waals surface area contributed by atoms with Gasteiger partial charge in [-0.05, 0) is 30.2 Å². The summed E-state index contributed by atoms with van der Waals surface area (Å²) in [6.45, 7) is 4.18. The van der Waals surface area contributed by atoms with Gasteiger partial charge in [-0.25, -0.2) is 0 Å². The zero-order valence-corrected chi connectivity index (χ0v) is 14.3. The molecule has 0 radical (unpaired) electrons. The molecule has 0 fully saturated rings. The molecule has 0 aromatic heterocycles. The second kappa shape index (κ2) is 7.86. The molecule has 0 bridgehead atoms. The fourth-order valence-corrected chi connectivity index (χ4v) is 6.11. The van der Waals surface area contributed by atoms with Crippen molar-refractivity contribution in [2.45, 2.75) is 33.1 Å². The van der Waals surface area contributed by atoms with Gasteiger partial charge in [0.25, 0.3) is 0 Å². The average molecular weight is 358 g/mol. The first kappa shape index (κ1) is 18.8. The van der Waals surface area contributed by atoms with Gasteiger partial charge in [-0.3, -0.25) is 0 Å². The second-order valence-corrected chi connectivity index (χ2v) is 11.5. The highest BCUT2D eigenvalue weighted by Crippen LogP contribution is 2.54. The predicted octanol–water partition coefficient (Wildman–Crippen LogP) is 4.68. The molecule has 0 amide bonds. The Kier molecular flexibility index (Phi) is 7.04. The molecule has 1 rings (SSSR count). The summed E-state index contributed by atoms with van der Waals surface area (Å²) < 4.78 is 40.0. The van der Waals surface area contributed by atoms with Gasteiger partial charge in [-0.15, -0.1) is 13.2 Å². The Morgan fingerprint density at radius 2 is 1.90 bits per heavy atom. The minimum atomic E-state index is -4.72. The Labute approximate surface area is 131 Å². The smallest absolute Gasteiger partial charge is 0.406 e. The first-order valence-electron chi connectivity index (χ1n) is 6.47. The molecule has 0 spiro atoms. The highest BCUT2D eigenvalue weighted by atomic mass is 32.9. The third kappa shape index (κ3) is 7.04. The number of alkyl halides is 3. The number of ether oxygens (including phenoxy) is 1. The Hall–Kier alpha value is -0.230. The SMILES string of the molecule is CCCC(C)CSP(O)(=S)c1ccc(OC(F)(F)F)cc1. The van der Waals surface area contributed by atoms with Gasteiger partial charge in [0.05, 0.1) is 0 Å². The Balaban J connectivity index is 2.69. The van der Waals surface area contributed by atoms with Crippen molar-refractivity contribution in [3.05, 3.63) is 24.3 Å². The maximum atomic E-state index is 12.1. The standard InChI is InChI=1S/C13H18F3O2PS2/c1-3-4-10(2)9-21-19(17,20)12-7-5-11(6-8-12)18-13(14,15)16/h5-8,10H,3-4,9H2,1-2H3,(H,17,20). The number of hydrogen-bond donors (Lipinski definition) is 1. The lowest BCUT2D eigenvalue weighted by molar-refractivity contribution is -0.274. The average Bonchev–Trinajstić information content (AvgIpc) is 2.36. The molecule has 0 heterocycles. The van der Waals surface area contributed by atoms with Gasteiger partial charge in [0.2, 0.25) is 0 Å². The van der Waals surface area contributed by atoms with Crippen LogP contribution in [0.3, 0.4) is 0 Å². The van der Waals surface area contributed by atoms with Crippen LogP contribution in [0.15, 0.2) is 24.3 Å². The van der Waals surface area contributed by atoms with Crippen LogP contribution in [0.1, 0.15) is 26.7 Å². The van der Waals surface area contributed by atoms with Gasteiger partial charge in [-0.2, -0.15) is 0 Å². The Morgan fingerprint density at radius 3 is 2.38 bits per heavy atom. The van der Waals surface area contributed by atoms with E-state index >= 15 is 0 Å². The van der Waals surface area contributed by atoms with Crippen LogP contribution in [0.25, 0.3) is 0 Å². The highest BCUT2D eigenvalue weighted by Gasteiger charge is 2.31. The number of hydrogen-bond acceptors (Lipinski definition) is 3. The van der Waals surface area contributed by atoms with Crippen LogP contribution >= 0.6 is 16.8 Å². The highest BCUT2D eigenvalue weighted by molar-refractivity contribution is 8.71. The maximum absolute atomic E-state index is 12.1. The third-order valence-electron chi connectivity index (χ3n) is 2.71. The fraction of sp³-hybridized carbons (Fsp3) is 0.538. The molecule has 1 aromatic carbocycles. The van der Waals surface area contributed by atoms with E-state index in [0.29, 0.717) is 11.2 Å². The molecule has 1 aromatic rings. The summed E-state index contributed by atoms with van der Waals surface area (Å²) in [5.41, 5.74) is -2.78. The van der Waals surface area contributed by atoms with Gasteiger partial charge in [0, 0.05) is 11.1 Å². The Morgan fingerprint density at radius 1 is 1.33 bits per heavy atom. The van der Waals surface area contributed by atoms with Crippen LogP contribution in [0.5, 0.6) is 5.75 Å². The van der Waals surface area contributed by atoms with Crippen LogP contribution in [-0.4, -0.2) is 17.0 Å². The van der Waals surface area contributed by atoms with Gasteiger partial charge >= 0.3 is 6.36 Å². The first-order valence-corrected chi connectivity index (χ1v) is 10.8. The Bertz CT molecular complexity index is 491. The van der Waals surface area contributed by atoms with Crippen LogP contribution in [0.2, 0.25) is 0 Å². The molecular weight excluding hydrogens is 340 g/mol. The maximum Gasteiger partial charge on any atom is 0.573 e. The van der Waals surface area contributed by atoms with Gasteiger partial charge in [0.1, 0.15) is 11.2 Å². The van der Waals surface area contributed by atoms with Gasteiger partial charge in [0.15, 0.2) is 0 Å². The van der Waals surface area contributed by atoms with E-state index in [1.54, 1.807) is 0 Å². The molecule has 0 aliphatic carbocycles. The molecule has 0 saturated heterocycles. The lowest BCUT2D eigenvalue weighted by Gasteiger charge is -2.18. The van der Waals surface area contributed by atoms with Crippen molar-refractivity contribution < 1.29 is 22.8 Å². The summed E-state index contributed by atoms with van der Waals surface area (Å²) in [6.07, 6.45) is -2.59. The van der Waals surface area contributed by atoms with Crippen LogP contribution < -0.4 is 10.0 Å². The zero-order chi connectivity index (χ0) is 16.1. The summed E-state index contributed by atoms with van der Waals surface area (Å²) >= 11 is 6.55. The summed E-state index contributed by atoms with van der Waals surface area (Å²) in [5, 5.41) is 0.487. The van der Waals surface area contributed by atoms with E-state index in [-0.39, 0.29) is 5.75 Å². The summed E-state index contributed by atoms with van der Waals surface area (Å²) in [7, 11) is 0. The molecular formula is C13H18F3O2PS2. The van der Waals surface area contributed by atoms with E-state index in [2.05, 4.69) is 18.6 Å². The van der Waals surface area contributed by atoms with Crippen molar-refractivity contribution in [1.29, 1.82) is 0 Å². The third-order valence-corrected chi connectivity index (χ3v) is 8.44. The molecule has 1 N–H and O–H groups in total. The van der Waals surface area contributed by atoms with Crippen LogP contribution in [-0.2, 0) is 11.8 Å². The van der Waals surface area contributed by atoms with Gasteiger partial charge < -0.3 is 9.63 Å². The van der Waals surface area contributed by atoms with Crippen molar-refractivity contribution in [2.75, 3.05) is 5.75 Å². The van der Waals surface area contributed by atoms with Crippen LogP contribution in [0, 0.1) is 5.92 Å². The summed E-state index contributed by atoms with van der Waals surface area (Å²) in [6, 6.07) is 5.16. The minimum absolute atomic E-state index is 0.314. The summed E-state index contributed by atoms with van der Waals surface area (Å²) in [5.74, 6) is 0.871. The minimum Gasteiger partial charge on any atom is -0.406 e. The van der Waals surface area contributed by atoms with E-state index in [9.17, 15) is 18.1 Å². The molecule has 0 aliphatic rings. The molecule has 0 saturated carbocycles. The van der Waals surface area contributed by atoms with E-state index in [4.69, 9.17) is 11.8 Å². The normalized spacial score (nSPS) is 16.3. The van der Waals surface area contributed by atoms with Crippen molar-refractivity contribution in [1.82, 2.24) is 0 Å². The van der Waals surface area contributed by atoms with E-state index in [0.717, 1.165) is 18.6 Å². The van der Waals surface area contributed by atoms with Gasteiger partial charge in [-0.1, -0.05) is 49.9 Å². The van der Waals surface area contributed by atoms with Crippen molar-refractivity contribution in [3.63, 3.8) is 0 Å². The molecule has 2 atom stereocenters. The van der Waals surface area contributed by atoms with Crippen molar-refractivity contribution >= 4 is 34.0 Å². The topological polar surface area (TPSA) is 29.5 Å². The largest absolute Gasteiger partial charge is 0.573 e. The molecule has 120 valence electrons. The lowest BCUT2D eigenvalue weighted by Crippen LogP contribution is -2.17. The summed E-state index contributed by atoms with van der Waals surface area (Å²) in [4.78, 5) is 10.4. The number of halogens is 3. The van der Waals surface area contributed by atoms with Crippen LogP contribution in [0.4, 0.5) is 13.2 Å². The molecule has 21 heavy (non-hydrogen) atoms. The van der Waals surface area contributed by atoms with E-state index in [1.807, 2.05) is 0 Å².